The van der Waals surface area contributed by atoms with Crippen molar-refractivity contribution in [2.45, 2.75) is 85.1 Å². The van der Waals surface area contributed by atoms with Gasteiger partial charge in [0.15, 0.2) is 5.78 Å². The Balaban J connectivity index is 2.05. The number of likely N-dealkylation sites (tertiary alicyclic amines) is 1. The molecular formula is C28H37NOS. The third kappa shape index (κ3) is 4.92. The van der Waals surface area contributed by atoms with Crippen LogP contribution in [0.2, 0.25) is 0 Å². The van der Waals surface area contributed by atoms with Crippen molar-refractivity contribution in [3.05, 3.63) is 69.8 Å². The van der Waals surface area contributed by atoms with Crippen molar-refractivity contribution < 1.29 is 4.79 Å². The average molecular weight is 436 g/mol. The minimum absolute atomic E-state index is 0.110. The molecule has 1 atom stereocenters. The van der Waals surface area contributed by atoms with Gasteiger partial charge in [0.05, 0.1) is 6.04 Å². The summed E-state index contributed by atoms with van der Waals surface area (Å²) in [6, 6.07) is 13.2. The van der Waals surface area contributed by atoms with E-state index in [1.165, 1.54) is 27.8 Å². The Kier molecular flexibility index (Phi) is 7.36. The lowest BCUT2D eigenvalue weighted by Gasteiger charge is -2.32. The molecule has 0 aliphatic carbocycles. The predicted octanol–water partition coefficient (Wildman–Crippen LogP) is 7.77. The van der Waals surface area contributed by atoms with Crippen LogP contribution in [0.5, 0.6) is 0 Å². The number of nitrogens with zero attached hydrogens (tertiary/aromatic N) is 1. The fourth-order valence-electron chi connectivity index (χ4n) is 4.64. The summed E-state index contributed by atoms with van der Waals surface area (Å²) in [6.45, 7) is 16.2. The Morgan fingerprint density at radius 3 is 1.94 bits per heavy atom. The smallest absolute Gasteiger partial charge is 0.159 e. The highest BCUT2D eigenvalue weighted by atomic mass is 32.1. The molecule has 2 aromatic carbocycles. The van der Waals surface area contributed by atoms with Crippen molar-refractivity contribution in [2.24, 2.45) is 0 Å². The zero-order valence-electron chi connectivity index (χ0n) is 20.2. The average Bonchev–Trinajstić information content (AvgIpc) is 3.22. The lowest BCUT2D eigenvalue weighted by atomic mass is 9.84. The Morgan fingerprint density at radius 2 is 1.48 bits per heavy atom. The largest absolute Gasteiger partial charge is 0.355 e. The fraction of sp³-hybridized carbons (Fsp3) is 0.500. The number of Topliss-reactive ketones (excluding diaryl/α,β-unsaturated/α-hetero) is 1. The summed E-state index contributed by atoms with van der Waals surface area (Å²) in [6.07, 6.45) is 2.23. The zero-order chi connectivity index (χ0) is 22.9. The van der Waals surface area contributed by atoms with Crippen LogP contribution >= 0.6 is 12.2 Å². The lowest BCUT2D eigenvalue weighted by Crippen LogP contribution is -2.32. The number of hydrogen-bond donors (Lipinski definition) is 0. The van der Waals surface area contributed by atoms with Gasteiger partial charge in [-0.15, -0.1) is 0 Å². The van der Waals surface area contributed by atoms with Gasteiger partial charge in [-0.3, -0.25) is 4.79 Å². The highest BCUT2D eigenvalue weighted by molar-refractivity contribution is 7.80. The first kappa shape index (κ1) is 23.7. The molecule has 0 bridgehead atoms. The van der Waals surface area contributed by atoms with Gasteiger partial charge in [0, 0.05) is 17.7 Å². The van der Waals surface area contributed by atoms with Crippen LogP contribution in [-0.2, 0) is 0 Å². The van der Waals surface area contributed by atoms with Gasteiger partial charge in [0.2, 0.25) is 0 Å². The minimum atomic E-state index is 0.110. The van der Waals surface area contributed by atoms with Crippen molar-refractivity contribution in [1.29, 1.82) is 0 Å². The SMILES string of the molecule is CC(=O)c1ccc([C@H]2CCCN2C(=S)c2c(C(C)C)cc(C(C)C)cc2C(C)C)cc1. The van der Waals surface area contributed by atoms with Gasteiger partial charge in [-0.05, 0) is 59.8 Å². The lowest BCUT2D eigenvalue weighted by molar-refractivity contribution is 0.101. The van der Waals surface area contributed by atoms with Crippen molar-refractivity contribution in [3.63, 3.8) is 0 Å². The van der Waals surface area contributed by atoms with Crippen molar-refractivity contribution >= 4 is 23.0 Å². The normalized spacial score (nSPS) is 16.6. The van der Waals surface area contributed by atoms with Gasteiger partial charge in [-0.1, -0.05) is 90.2 Å². The van der Waals surface area contributed by atoms with E-state index in [9.17, 15) is 4.79 Å². The van der Waals surface area contributed by atoms with Crippen molar-refractivity contribution in [2.75, 3.05) is 6.54 Å². The molecule has 1 fully saturated rings. The molecule has 0 radical (unpaired) electrons. The van der Waals surface area contributed by atoms with Gasteiger partial charge in [-0.25, -0.2) is 0 Å². The highest BCUT2D eigenvalue weighted by Gasteiger charge is 2.31. The summed E-state index contributed by atoms with van der Waals surface area (Å²) >= 11 is 6.22. The summed E-state index contributed by atoms with van der Waals surface area (Å²) in [5, 5.41) is 0. The maximum absolute atomic E-state index is 11.7. The summed E-state index contributed by atoms with van der Waals surface area (Å²) in [7, 11) is 0. The second kappa shape index (κ2) is 9.65. The van der Waals surface area contributed by atoms with Gasteiger partial charge < -0.3 is 4.90 Å². The van der Waals surface area contributed by atoms with Crippen molar-refractivity contribution in [3.8, 4) is 0 Å². The van der Waals surface area contributed by atoms with Crippen LogP contribution < -0.4 is 0 Å². The summed E-state index contributed by atoms with van der Waals surface area (Å²) in [4.78, 5) is 15.1. The number of benzene rings is 2. The number of rotatable bonds is 6. The van der Waals surface area contributed by atoms with E-state index in [0.29, 0.717) is 17.8 Å². The van der Waals surface area contributed by atoms with E-state index in [2.05, 4.69) is 70.7 Å². The Morgan fingerprint density at radius 1 is 0.935 bits per heavy atom. The van der Waals surface area contributed by atoms with Gasteiger partial charge in [-0.2, -0.15) is 0 Å². The first-order valence-electron chi connectivity index (χ1n) is 11.7. The minimum Gasteiger partial charge on any atom is -0.355 e. The molecule has 0 aromatic heterocycles. The molecule has 1 saturated heterocycles. The first-order chi connectivity index (χ1) is 14.6. The first-order valence-corrected chi connectivity index (χ1v) is 12.1. The second-order valence-electron chi connectivity index (χ2n) is 9.87. The number of hydrogen-bond acceptors (Lipinski definition) is 2. The van der Waals surface area contributed by atoms with Crippen molar-refractivity contribution in [1.82, 2.24) is 4.90 Å². The van der Waals surface area contributed by atoms with E-state index in [4.69, 9.17) is 12.2 Å². The molecule has 166 valence electrons. The Labute approximate surface area is 194 Å². The zero-order valence-corrected chi connectivity index (χ0v) is 21.0. The van der Waals surface area contributed by atoms with E-state index < -0.39 is 0 Å². The van der Waals surface area contributed by atoms with E-state index >= 15 is 0 Å². The van der Waals surface area contributed by atoms with Crippen LogP contribution in [0, 0.1) is 0 Å². The fourth-order valence-corrected chi connectivity index (χ4v) is 5.10. The van der Waals surface area contributed by atoms with Gasteiger partial charge in [0.1, 0.15) is 4.99 Å². The Bertz CT molecular complexity index is 926. The van der Waals surface area contributed by atoms with Crippen LogP contribution in [0.1, 0.15) is 123 Å². The molecule has 0 N–H and O–H groups in total. The topological polar surface area (TPSA) is 20.3 Å². The van der Waals surface area contributed by atoms with Crippen LogP contribution in [-0.4, -0.2) is 22.2 Å². The molecule has 0 amide bonds. The molecule has 1 heterocycles. The monoisotopic (exact) mass is 435 g/mol. The quantitative estimate of drug-likeness (QED) is 0.341. The molecule has 3 heteroatoms. The molecule has 3 rings (SSSR count). The third-order valence-electron chi connectivity index (χ3n) is 6.56. The molecule has 0 saturated carbocycles. The molecule has 0 unspecified atom stereocenters. The van der Waals surface area contributed by atoms with Crippen LogP contribution in [0.25, 0.3) is 0 Å². The molecule has 1 aliphatic rings. The summed E-state index contributed by atoms with van der Waals surface area (Å²) in [5.41, 5.74) is 7.44. The summed E-state index contributed by atoms with van der Waals surface area (Å²) in [5.74, 6) is 1.44. The molecule has 31 heavy (non-hydrogen) atoms. The maximum Gasteiger partial charge on any atom is 0.159 e. The van der Waals surface area contributed by atoms with Gasteiger partial charge >= 0.3 is 0 Å². The van der Waals surface area contributed by atoms with Crippen LogP contribution in [0.15, 0.2) is 36.4 Å². The third-order valence-corrected chi connectivity index (χ3v) is 7.00. The number of carbonyl (C=O) groups is 1. The standard InChI is InChI=1S/C28H37NOS/c1-17(2)23-15-24(18(3)4)27(25(16-23)19(5)6)28(31)29-14-8-9-26(29)22-12-10-21(11-13-22)20(7)30/h10-13,15-19,26H,8-9,14H2,1-7H3/t26-/m1/s1. The molecule has 1 aliphatic heterocycles. The molecular weight excluding hydrogens is 398 g/mol. The molecule has 2 nitrogen and oxygen atoms in total. The predicted molar refractivity (Wildman–Crippen MR) is 136 cm³/mol. The number of thiocarbonyl (C=S) groups is 1. The summed E-state index contributed by atoms with van der Waals surface area (Å²) < 4.78 is 0. The van der Waals surface area contributed by atoms with Crippen LogP contribution in [0.4, 0.5) is 0 Å². The van der Waals surface area contributed by atoms with E-state index in [-0.39, 0.29) is 11.8 Å². The highest BCUT2D eigenvalue weighted by Crippen LogP contribution is 2.38. The van der Waals surface area contributed by atoms with E-state index in [0.717, 1.165) is 29.9 Å². The maximum atomic E-state index is 11.7. The number of ketones is 1. The van der Waals surface area contributed by atoms with Crippen LogP contribution in [0.3, 0.4) is 0 Å². The second-order valence-corrected chi connectivity index (χ2v) is 10.3. The molecule has 2 aromatic rings. The van der Waals surface area contributed by atoms with Gasteiger partial charge in [0.25, 0.3) is 0 Å². The van der Waals surface area contributed by atoms with E-state index in [1.807, 2.05) is 12.1 Å². The Hall–Kier alpha value is -2.00. The number of carbonyl (C=O) groups excluding carboxylic acids is 1. The van der Waals surface area contributed by atoms with E-state index in [1.54, 1.807) is 6.92 Å². The molecule has 0 spiro atoms.